The summed E-state index contributed by atoms with van der Waals surface area (Å²) in [5.74, 6) is 0.961. The summed E-state index contributed by atoms with van der Waals surface area (Å²) in [6, 6.07) is 18.1. The molecule has 0 saturated carbocycles. The van der Waals surface area contributed by atoms with Crippen LogP contribution in [0.25, 0.3) is 22.3 Å². The molecular formula is C22H22N4O. The van der Waals surface area contributed by atoms with Gasteiger partial charge in [0.1, 0.15) is 5.69 Å². The number of benzene rings is 2. The van der Waals surface area contributed by atoms with Gasteiger partial charge in [-0.1, -0.05) is 48.5 Å². The molecule has 136 valence electrons. The van der Waals surface area contributed by atoms with E-state index in [1.165, 1.54) is 0 Å². The highest BCUT2D eigenvalue weighted by Gasteiger charge is 2.23. The number of allylic oxidation sites excluding steroid dienone is 1. The zero-order chi connectivity index (χ0) is 18.6. The maximum absolute atomic E-state index is 12.1. The molecule has 2 heterocycles. The van der Waals surface area contributed by atoms with Gasteiger partial charge >= 0.3 is 0 Å². The first-order valence-electron chi connectivity index (χ1n) is 9.25. The zero-order valence-corrected chi connectivity index (χ0v) is 15.4. The summed E-state index contributed by atoms with van der Waals surface area (Å²) >= 11 is 0. The lowest BCUT2D eigenvalue weighted by atomic mass is 10.1. The molecule has 0 aliphatic carbocycles. The number of rotatable bonds is 3. The molecule has 3 aromatic rings. The highest BCUT2D eigenvalue weighted by Crippen LogP contribution is 2.30. The van der Waals surface area contributed by atoms with E-state index in [1.807, 2.05) is 54.3 Å². The van der Waals surface area contributed by atoms with E-state index >= 15 is 0 Å². The van der Waals surface area contributed by atoms with Crippen molar-refractivity contribution >= 4 is 22.8 Å². The van der Waals surface area contributed by atoms with E-state index in [0.29, 0.717) is 13.1 Å². The summed E-state index contributed by atoms with van der Waals surface area (Å²) in [7, 11) is 0. The molecule has 1 aliphatic rings. The third kappa shape index (κ3) is 3.53. The monoisotopic (exact) mass is 358 g/mol. The molecule has 5 nitrogen and oxygen atoms in total. The number of hydrogen-bond acceptors (Lipinski definition) is 4. The lowest BCUT2D eigenvalue weighted by Crippen LogP contribution is -2.48. The molecule has 0 radical (unpaired) electrons. The van der Waals surface area contributed by atoms with E-state index in [9.17, 15) is 4.79 Å². The Balaban J connectivity index is 1.70. The Bertz CT molecular complexity index is 976. The minimum atomic E-state index is 0.0741. The summed E-state index contributed by atoms with van der Waals surface area (Å²) in [6.45, 7) is 4.73. The summed E-state index contributed by atoms with van der Waals surface area (Å²) in [5, 5.41) is 0. The van der Waals surface area contributed by atoms with E-state index in [1.54, 1.807) is 12.2 Å². The highest BCUT2D eigenvalue weighted by molar-refractivity contribution is 5.88. The molecule has 1 aromatic heterocycles. The average Bonchev–Trinajstić information content (AvgIpc) is 2.74. The lowest BCUT2D eigenvalue weighted by Gasteiger charge is -2.35. The number of piperazine rings is 1. The van der Waals surface area contributed by atoms with Crippen molar-refractivity contribution < 1.29 is 4.79 Å². The van der Waals surface area contributed by atoms with Crippen LogP contribution >= 0.6 is 0 Å². The Morgan fingerprint density at radius 2 is 1.52 bits per heavy atom. The third-order valence-electron chi connectivity index (χ3n) is 4.80. The number of aromatic nitrogens is 2. The van der Waals surface area contributed by atoms with Gasteiger partial charge in [0.15, 0.2) is 5.82 Å². The van der Waals surface area contributed by atoms with Crippen molar-refractivity contribution in [2.24, 2.45) is 0 Å². The fraction of sp³-hybridized carbons (Fsp3) is 0.227. The Kier molecular flexibility index (Phi) is 4.83. The summed E-state index contributed by atoms with van der Waals surface area (Å²) in [5.41, 5.74) is 3.72. The van der Waals surface area contributed by atoms with Crippen LogP contribution in [-0.2, 0) is 4.79 Å². The Labute approximate surface area is 159 Å². The summed E-state index contributed by atoms with van der Waals surface area (Å²) < 4.78 is 0. The molecular weight excluding hydrogens is 336 g/mol. The normalized spacial score (nSPS) is 14.9. The van der Waals surface area contributed by atoms with E-state index in [4.69, 9.17) is 9.97 Å². The van der Waals surface area contributed by atoms with Crippen molar-refractivity contribution in [2.45, 2.75) is 6.92 Å². The van der Waals surface area contributed by atoms with Crippen LogP contribution in [-0.4, -0.2) is 47.0 Å². The molecule has 1 saturated heterocycles. The molecule has 0 N–H and O–H groups in total. The van der Waals surface area contributed by atoms with Crippen LogP contribution in [0.5, 0.6) is 0 Å². The number of amides is 1. The van der Waals surface area contributed by atoms with Crippen LogP contribution in [0.4, 0.5) is 5.82 Å². The highest BCUT2D eigenvalue weighted by atomic mass is 16.2. The second-order valence-electron chi connectivity index (χ2n) is 6.56. The van der Waals surface area contributed by atoms with Crippen molar-refractivity contribution in [1.29, 1.82) is 0 Å². The third-order valence-corrected chi connectivity index (χ3v) is 4.80. The van der Waals surface area contributed by atoms with Crippen molar-refractivity contribution in [3.05, 3.63) is 66.7 Å². The average molecular weight is 358 g/mol. The smallest absolute Gasteiger partial charge is 0.246 e. The van der Waals surface area contributed by atoms with Crippen LogP contribution in [0, 0.1) is 0 Å². The molecule has 5 heteroatoms. The molecule has 1 amide bonds. The van der Waals surface area contributed by atoms with Crippen LogP contribution in [0.1, 0.15) is 6.92 Å². The number of para-hydroxylation sites is 2. The quantitative estimate of drug-likeness (QED) is 0.672. The number of carbonyl (C=O) groups excluding carboxylic acids is 1. The minimum Gasteiger partial charge on any atom is -0.351 e. The first-order valence-corrected chi connectivity index (χ1v) is 9.25. The van der Waals surface area contributed by atoms with Crippen LogP contribution in [0.3, 0.4) is 0 Å². The molecule has 1 fully saturated rings. The van der Waals surface area contributed by atoms with Crippen molar-refractivity contribution in [1.82, 2.24) is 14.9 Å². The van der Waals surface area contributed by atoms with Crippen molar-refractivity contribution in [3.8, 4) is 11.3 Å². The number of fused-ring (bicyclic) bond motifs is 1. The zero-order valence-electron chi connectivity index (χ0n) is 15.4. The molecule has 0 atom stereocenters. The van der Waals surface area contributed by atoms with Gasteiger partial charge in [-0.15, -0.1) is 0 Å². The van der Waals surface area contributed by atoms with E-state index in [2.05, 4.69) is 17.0 Å². The number of nitrogens with zero attached hydrogens (tertiary/aromatic N) is 4. The Morgan fingerprint density at radius 3 is 2.19 bits per heavy atom. The number of anilines is 1. The van der Waals surface area contributed by atoms with Gasteiger partial charge in [-0.05, 0) is 25.1 Å². The van der Waals surface area contributed by atoms with Gasteiger partial charge < -0.3 is 9.80 Å². The molecule has 0 unspecified atom stereocenters. The Morgan fingerprint density at radius 1 is 0.889 bits per heavy atom. The Hall–Kier alpha value is -3.21. The van der Waals surface area contributed by atoms with Gasteiger partial charge in [0.05, 0.1) is 11.0 Å². The van der Waals surface area contributed by atoms with Gasteiger partial charge in [0, 0.05) is 31.7 Å². The van der Waals surface area contributed by atoms with Crippen molar-refractivity contribution in [3.63, 3.8) is 0 Å². The fourth-order valence-electron chi connectivity index (χ4n) is 3.39. The molecule has 0 bridgehead atoms. The standard InChI is InChI=1S/C22H22N4O/c1-2-8-20(27)25-13-15-26(16-14-25)22-21(17-9-4-3-5-10-17)23-18-11-6-7-12-19(18)24-22/h2-12H,13-16H2,1H3/b8-2+. The van der Waals surface area contributed by atoms with Crippen LogP contribution in [0.15, 0.2) is 66.7 Å². The molecule has 0 spiro atoms. The van der Waals surface area contributed by atoms with Gasteiger partial charge in [-0.25, -0.2) is 9.97 Å². The van der Waals surface area contributed by atoms with Gasteiger partial charge in [0.2, 0.25) is 5.91 Å². The SMILES string of the molecule is C/C=C/C(=O)N1CCN(c2nc3ccccc3nc2-c2ccccc2)CC1. The first-order chi connectivity index (χ1) is 13.3. The maximum Gasteiger partial charge on any atom is 0.246 e. The number of carbonyl (C=O) groups is 1. The van der Waals surface area contributed by atoms with Crippen molar-refractivity contribution in [2.75, 3.05) is 31.1 Å². The minimum absolute atomic E-state index is 0.0741. The first kappa shape index (κ1) is 17.2. The van der Waals surface area contributed by atoms with Crippen LogP contribution in [0.2, 0.25) is 0 Å². The van der Waals surface area contributed by atoms with Crippen LogP contribution < -0.4 is 4.90 Å². The summed E-state index contributed by atoms with van der Waals surface area (Å²) in [4.78, 5) is 26.1. The maximum atomic E-state index is 12.1. The largest absolute Gasteiger partial charge is 0.351 e. The fourth-order valence-corrected chi connectivity index (χ4v) is 3.39. The predicted molar refractivity (Wildman–Crippen MR) is 109 cm³/mol. The predicted octanol–water partition coefficient (Wildman–Crippen LogP) is 3.52. The van der Waals surface area contributed by atoms with Gasteiger partial charge in [-0.2, -0.15) is 0 Å². The second-order valence-corrected chi connectivity index (χ2v) is 6.56. The van der Waals surface area contributed by atoms with Gasteiger partial charge in [0.25, 0.3) is 0 Å². The molecule has 2 aromatic carbocycles. The van der Waals surface area contributed by atoms with Gasteiger partial charge in [-0.3, -0.25) is 4.79 Å². The molecule has 1 aliphatic heterocycles. The molecule has 27 heavy (non-hydrogen) atoms. The molecule has 4 rings (SSSR count). The topological polar surface area (TPSA) is 49.3 Å². The van der Waals surface area contributed by atoms with E-state index < -0.39 is 0 Å². The number of hydrogen-bond donors (Lipinski definition) is 0. The lowest BCUT2D eigenvalue weighted by molar-refractivity contribution is -0.126. The van der Waals surface area contributed by atoms with E-state index in [-0.39, 0.29) is 5.91 Å². The second kappa shape index (κ2) is 7.58. The van der Waals surface area contributed by atoms with E-state index in [0.717, 1.165) is 41.2 Å². The summed E-state index contributed by atoms with van der Waals surface area (Å²) in [6.07, 6.45) is 3.41.